The van der Waals surface area contributed by atoms with Crippen LogP contribution < -0.4 is 19.5 Å². The highest BCUT2D eigenvalue weighted by Crippen LogP contribution is 2.41. The maximum absolute atomic E-state index is 12.3. The number of hydrogen-bond acceptors (Lipinski definition) is 6. The van der Waals surface area contributed by atoms with E-state index in [0.717, 1.165) is 16.7 Å². The largest absolute Gasteiger partial charge is 0.493 e. The van der Waals surface area contributed by atoms with E-state index in [1.54, 1.807) is 44.7 Å². The Morgan fingerprint density at radius 3 is 2.68 bits per heavy atom. The molecule has 146 valence electrons. The minimum absolute atomic E-state index is 0.0558. The van der Waals surface area contributed by atoms with Gasteiger partial charge in [0.2, 0.25) is 11.7 Å². The normalized spacial score (nSPS) is 15.7. The molecule has 0 spiro atoms. The minimum Gasteiger partial charge on any atom is -0.493 e. The summed E-state index contributed by atoms with van der Waals surface area (Å²) in [6.07, 6.45) is 5.43. The molecule has 0 saturated carbocycles. The topological polar surface area (TPSA) is 87.8 Å². The van der Waals surface area contributed by atoms with Crippen LogP contribution in [0.3, 0.4) is 0 Å². The SMILES string of the molecule is COc1ccc(Cn2ncc3c2NC(=O)C[C@H]3c2ccoc2)c(OC)c1OC. The molecule has 0 saturated heterocycles. The van der Waals surface area contributed by atoms with Crippen LogP contribution in [0.5, 0.6) is 17.2 Å². The van der Waals surface area contributed by atoms with E-state index in [9.17, 15) is 4.79 Å². The summed E-state index contributed by atoms with van der Waals surface area (Å²) in [5.41, 5.74) is 2.77. The molecule has 0 bridgehead atoms. The first-order chi connectivity index (χ1) is 13.7. The van der Waals surface area contributed by atoms with Gasteiger partial charge in [-0.25, -0.2) is 4.68 Å². The van der Waals surface area contributed by atoms with Gasteiger partial charge in [0.15, 0.2) is 11.5 Å². The van der Waals surface area contributed by atoms with Gasteiger partial charge in [0.1, 0.15) is 5.82 Å². The molecule has 1 atom stereocenters. The monoisotopic (exact) mass is 383 g/mol. The third-order valence-corrected chi connectivity index (χ3v) is 4.94. The first-order valence-electron chi connectivity index (χ1n) is 8.81. The van der Waals surface area contributed by atoms with Crippen LogP contribution >= 0.6 is 0 Å². The minimum atomic E-state index is -0.0800. The maximum atomic E-state index is 12.3. The Balaban J connectivity index is 1.72. The van der Waals surface area contributed by atoms with E-state index in [0.29, 0.717) is 36.0 Å². The highest BCUT2D eigenvalue weighted by Gasteiger charge is 2.31. The van der Waals surface area contributed by atoms with Crippen LogP contribution in [0.15, 0.2) is 41.3 Å². The third kappa shape index (κ3) is 2.96. The number of amides is 1. The van der Waals surface area contributed by atoms with E-state index >= 15 is 0 Å². The molecule has 1 N–H and O–H groups in total. The number of carbonyl (C=O) groups excluding carboxylic acids is 1. The smallest absolute Gasteiger partial charge is 0.226 e. The van der Waals surface area contributed by atoms with Gasteiger partial charge < -0.3 is 23.9 Å². The number of methoxy groups -OCH3 is 3. The number of anilines is 1. The first-order valence-corrected chi connectivity index (χ1v) is 8.81. The van der Waals surface area contributed by atoms with Crippen molar-refractivity contribution < 1.29 is 23.4 Å². The number of carbonyl (C=O) groups is 1. The predicted molar refractivity (Wildman–Crippen MR) is 101 cm³/mol. The van der Waals surface area contributed by atoms with Crippen LogP contribution in [0.2, 0.25) is 0 Å². The van der Waals surface area contributed by atoms with E-state index in [2.05, 4.69) is 10.4 Å². The molecule has 0 unspecified atom stereocenters. The average Bonchev–Trinajstić information content (AvgIpc) is 3.37. The molecule has 0 aliphatic carbocycles. The van der Waals surface area contributed by atoms with E-state index in [-0.39, 0.29) is 11.8 Å². The maximum Gasteiger partial charge on any atom is 0.226 e. The molecule has 8 heteroatoms. The number of nitrogens with zero attached hydrogens (tertiary/aromatic N) is 2. The predicted octanol–water partition coefficient (Wildman–Crippen LogP) is 3.02. The Bertz CT molecular complexity index is 994. The van der Waals surface area contributed by atoms with Crippen LogP contribution in [0.25, 0.3) is 0 Å². The molecule has 0 fully saturated rings. The quantitative estimate of drug-likeness (QED) is 0.704. The van der Waals surface area contributed by atoms with Crippen molar-refractivity contribution in [1.82, 2.24) is 9.78 Å². The summed E-state index contributed by atoms with van der Waals surface area (Å²) in [7, 11) is 4.72. The van der Waals surface area contributed by atoms with Gasteiger partial charge in [0, 0.05) is 23.5 Å². The molecule has 1 aliphatic heterocycles. The van der Waals surface area contributed by atoms with Crippen molar-refractivity contribution in [3.05, 3.63) is 53.6 Å². The number of nitrogens with one attached hydrogen (secondary N) is 1. The molecule has 3 aromatic rings. The van der Waals surface area contributed by atoms with E-state index < -0.39 is 0 Å². The van der Waals surface area contributed by atoms with Crippen molar-refractivity contribution in [2.24, 2.45) is 0 Å². The van der Waals surface area contributed by atoms with Crippen molar-refractivity contribution in [3.8, 4) is 17.2 Å². The van der Waals surface area contributed by atoms with Crippen LogP contribution in [0.4, 0.5) is 5.82 Å². The number of hydrogen-bond donors (Lipinski definition) is 1. The second kappa shape index (κ2) is 7.30. The summed E-state index contributed by atoms with van der Waals surface area (Å²) >= 11 is 0. The lowest BCUT2D eigenvalue weighted by Crippen LogP contribution is -2.25. The summed E-state index contributed by atoms with van der Waals surface area (Å²) in [5.74, 6) is 2.21. The summed E-state index contributed by atoms with van der Waals surface area (Å²) in [4.78, 5) is 12.3. The molecular weight excluding hydrogens is 362 g/mol. The van der Waals surface area contributed by atoms with Gasteiger partial charge in [-0.2, -0.15) is 5.10 Å². The molecular formula is C20H21N3O5. The number of aromatic nitrogens is 2. The average molecular weight is 383 g/mol. The van der Waals surface area contributed by atoms with Crippen molar-refractivity contribution in [2.75, 3.05) is 26.6 Å². The third-order valence-electron chi connectivity index (χ3n) is 4.94. The molecule has 8 nitrogen and oxygen atoms in total. The van der Waals surface area contributed by atoms with Gasteiger partial charge in [-0.3, -0.25) is 4.79 Å². The van der Waals surface area contributed by atoms with Crippen molar-refractivity contribution >= 4 is 11.7 Å². The second-order valence-electron chi connectivity index (χ2n) is 6.46. The van der Waals surface area contributed by atoms with Crippen molar-refractivity contribution in [1.29, 1.82) is 0 Å². The van der Waals surface area contributed by atoms with Gasteiger partial charge >= 0.3 is 0 Å². The standard InChI is InChI=1S/C20H21N3O5/c1-25-16-5-4-12(18(26-2)19(16)27-3)10-23-20-15(9-21-23)14(8-17(24)22-20)13-6-7-28-11-13/h4-7,9,11,14H,8,10H2,1-3H3,(H,22,24)/t14-/m0/s1. The first kappa shape index (κ1) is 18.0. The van der Waals surface area contributed by atoms with Gasteiger partial charge in [-0.15, -0.1) is 0 Å². The Kier molecular flexibility index (Phi) is 4.68. The molecule has 0 radical (unpaired) electrons. The molecule has 3 heterocycles. The summed E-state index contributed by atoms with van der Waals surface area (Å²) in [6.45, 7) is 0.400. The van der Waals surface area contributed by atoms with Crippen LogP contribution in [-0.2, 0) is 11.3 Å². The van der Waals surface area contributed by atoms with E-state index in [1.165, 1.54) is 0 Å². The van der Waals surface area contributed by atoms with Crippen LogP contribution in [0, 0.1) is 0 Å². The number of benzene rings is 1. The molecule has 1 amide bonds. The Labute approximate surface area is 162 Å². The highest BCUT2D eigenvalue weighted by molar-refractivity contribution is 5.94. The fourth-order valence-electron chi connectivity index (χ4n) is 3.61. The fraction of sp³-hybridized carbons (Fsp3) is 0.300. The molecule has 28 heavy (non-hydrogen) atoms. The molecule has 1 aliphatic rings. The number of ether oxygens (including phenoxy) is 3. The lowest BCUT2D eigenvalue weighted by atomic mass is 9.89. The Morgan fingerprint density at radius 2 is 2.00 bits per heavy atom. The summed E-state index contributed by atoms with van der Waals surface area (Å²) in [6, 6.07) is 5.59. The van der Waals surface area contributed by atoms with Gasteiger partial charge in [-0.05, 0) is 23.8 Å². The lowest BCUT2D eigenvalue weighted by Gasteiger charge is -2.23. The van der Waals surface area contributed by atoms with E-state index in [1.807, 2.05) is 18.2 Å². The number of furan rings is 1. The fourth-order valence-corrected chi connectivity index (χ4v) is 3.61. The van der Waals surface area contributed by atoms with Crippen LogP contribution in [-0.4, -0.2) is 37.0 Å². The summed E-state index contributed by atoms with van der Waals surface area (Å²) in [5, 5.41) is 7.45. The zero-order chi connectivity index (χ0) is 19.7. The number of rotatable bonds is 6. The lowest BCUT2D eigenvalue weighted by molar-refractivity contribution is -0.116. The molecule has 4 rings (SSSR count). The molecule has 2 aromatic heterocycles. The summed E-state index contributed by atoms with van der Waals surface area (Å²) < 4.78 is 23.3. The van der Waals surface area contributed by atoms with Gasteiger partial charge in [0.05, 0.1) is 46.6 Å². The number of fused-ring (bicyclic) bond motifs is 1. The van der Waals surface area contributed by atoms with Crippen molar-refractivity contribution in [2.45, 2.75) is 18.9 Å². The zero-order valence-electron chi connectivity index (χ0n) is 15.9. The Hall–Kier alpha value is -3.42. The Morgan fingerprint density at radius 1 is 1.18 bits per heavy atom. The second-order valence-corrected chi connectivity index (χ2v) is 6.46. The van der Waals surface area contributed by atoms with Crippen molar-refractivity contribution in [3.63, 3.8) is 0 Å². The van der Waals surface area contributed by atoms with Gasteiger partial charge in [0.25, 0.3) is 0 Å². The molecule has 1 aromatic carbocycles. The highest BCUT2D eigenvalue weighted by atomic mass is 16.5. The van der Waals surface area contributed by atoms with Gasteiger partial charge in [-0.1, -0.05) is 0 Å². The van der Waals surface area contributed by atoms with E-state index in [4.69, 9.17) is 18.6 Å². The van der Waals surface area contributed by atoms with Crippen LogP contribution in [0.1, 0.15) is 29.0 Å². The zero-order valence-corrected chi connectivity index (χ0v) is 15.9.